The molecule has 14 amide bonds. The second-order valence-electron chi connectivity index (χ2n) is 35.5. The number of likely N-dealkylation sites (N-methyl/N-ethyl adjacent to an activating group) is 2. The van der Waals surface area contributed by atoms with Crippen LogP contribution in [0.3, 0.4) is 0 Å². The number of carbonyl (C=O) groups is 16. The van der Waals surface area contributed by atoms with Crippen LogP contribution in [-0.4, -0.2) is 271 Å². The standard InChI is InChI=1S/C92H131FN18O18/c1-9-11-25-72-85(122)101-65(40-53(3)4)82(119)97-37-19-17-30-79(115)99-67(42-55-31-33-59(93)34-32-55)89(126)109-38-20-18-28-73(109)86(123)104-69(47-78(96)114)90(127)110-39-21-29-74(110)87(124)105-70(48-95)84(121)102-66(41-54(5)6)91(128)111-51-60(112)46-76(111)77(113)45-56(43-57-49-98-63-24-15-13-22-61(57)63)81(118)100-64(35-36-94)83(120)103-68(88(125)107(8)75(26-12-10-2)92(129)106(72)7)44-58-50-108(52-80(116)117)71-27-16-14-23-62(58)71/h13-16,22-24,27,31-34,49-50,53-54,56,60,64-70,72-76,98,112H,9-12,17-21,25-26,28-30,35-48,51-52,94-95H2,1-8H3,(H2,96,114)(H,97,119)(H,99,115)(H,100,118)(H,101,122)(H,102,121)(H,103,120)(H,104,123)(H,105,124)(H,116,117)/t56-,60-,64+,65+,66+,67+,68+,69+,70+,72+,73+,74+,75+,76+/m1/s1. The van der Waals surface area contributed by atoms with Crippen molar-refractivity contribution in [2.24, 2.45) is 35.0 Å². The van der Waals surface area contributed by atoms with Crippen LogP contribution in [0.1, 0.15) is 187 Å². The van der Waals surface area contributed by atoms with Crippen LogP contribution in [0.2, 0.25) is 0 Å². The second kappa shape index (κ2) is 48.1. The van der Waals surface area contributed by atoms with E-state index in [0.717, 1.165) is 9.80 Å². The number of nitrogens with one attached hydrogen (secondary N) is 9. The number of ketones is 1. The molecular formula is C92H131FN18O18. The van der Waals surface area contributed by atoms with Gasteiger partial charge in [0.25, 0.3) is 0 Å². The fraction of sp³-hybridized carbons (Fsp3) is 0.587. The minimum Gasteiger partial charge on any atom is -0.480 e. The fourth-order valence-electron chi connectivity index (χ4n) is 17.9. The molecule has 37 heteroatoms. The number of aromatic amines is 1. The average Bonchev–Trinajstić information content (AvgIpc) is 1.70. The number of Topliss-reactive ketones (excluding diaryl/α,β-unsaturated/α-hetero) is 1. The number of benzene rings is 3. The Morgan fingerprint density at radius 2 is 1.10 bits per heavy atom. The minimum absolute atomic E-state index is 0.0108. The summed E-state index contributed by atoms with van der Waals surface area (Å²) in [6.45, 7) is 9.33. The molecule has 4 saturated heterocycles. The Labute approximate surface area is 751 Å². The quantitative estimate of drug-likeness (QED) is 0.0446. The maximum absolute atomic E-state index is 15.9. The Morgan fingerprint density at radius 1 is 0.535 bits per heavy atom. The number of nitrogens with zero attached hydrogens (tertiary/aromatic N) is 6. The first-order chi connectivity index (χ1) is 61.5. The Kier molecular flexibility index (Phi) is 37.6. The number of piperidine rings is 1. The summed E-state index contributed by atoms with van der Waals surface area (Å²) < 4.78 is 15.8. The predicted octanol–water partition coefficient (Wildman–Crippen LogP) is 2.29. The lowest BCUT2D eigenvalue weighted by Gasteiger charge is -2.38. The van der Waals surface area contributed by atoms with Gasteiger partial charge in [0.2, 0.25) is 82.7 Å². The van der Waals surface area contributed by atoms with E-state index in [9.17, 15) is 53.0 Å². The molecule has 3 aromatic carbocycles. The number of fused-ring (bicyclic) bond motifs is 5. The fourth-order valence-corrected chi connectivity index (χ4v) is 17.9. The molecule has 4 aliphatic heterocycles. The lowest BCUT2D eigenvalue weighted by atomic mass is 9.90. The SMILES string of the molecule is CCCC[C@H]1C(=O)N(C)[C@@H](CCCC)C(=O)N[C@@H](CC(C)C)C(=O)NCCCCC(=O)N[C@@H](Cc2ccc(F)cc2)C(=O)N2CCCC[C@H]2C(=O)N[C@@H](CC(N)=O)C(=O)N2CCC[C@H]2C(=O)N[C@@H](CN)C(=O)N[C@@H](CC(C)C)C(=O)N2C[C@H](O)C[C@H]2C(=O)C[C@@H](Cc2c[nH]c3ccccc23)C(=O)N[C@@H](CCN)C(=O)N[C@@H](Cc2cn(CC(=O)O)c3ccccc23)C(=O)N1C. The highest BCUT2D eigenvalue weighted by Gasteiger charge is 2.47. The maximum atomic E-state index is 15.9. The van der Waals surface area contributed by atoms with Crippen molar-refractivity contribution in [2.45, 2.75) is 274 Å². The highest BCUT2D eigenvalue weighted by Crippen LogP contribution is 2.31. The summed E-state index contributed by atoms with van der Waals surface area (Å²) in [6, 6.07) is 2.48. The van der Waals surface area contributed by atoms with Crippen molar-refractivity contribution in [3.05, 3.63) is 108 Å². The molecule has 129 heavy (non-hydrogen) atoms. The number of carboxylic acids is 1. The van der Waals surface area contributed by atoms with Crippen molar-refractivity contribution in [3.63, 3.8) is 0 Å². The van der Waals surface area contributed by atoms with E-state index in [1.54, 1.807) is 74.8 Å². The van der Waals surface area contributed by atoms with Gasteiger partial charge in [-0.2, -0.15) is 0 Å². The van der Waals surface area contributed by atoms with Gasteiger partial charge in [0.15, 0.2) is 5.78 Å². The average molecular weight is 1800 g/mol. The van der Waals surface area contributed by atoms with Crippen molar-refractivity contribution in [1.82, 2.24) is 76.6 Å². The van der Waals surface area contributed by atoms with Gasteiger partial charge < -0.3 is 104 Å². The molecule has 0 saturated carbocycles. The molecule has 14 atom stereocenters. The van der Waals surface area contributed by atoms with Crippen molar-refractivity contribution in [1.29, 1.82) is 0 Å². The number of amides is 14. The molecule has 6 heterocycles. The number of aliphatic hydroxyl groups excluding tert-OH is 1. The van der Waals surface area contributed by atoms with Crippen LogP contribution in [0.15, 0.2) is 85.2 Å². The number of rotatable bonds is 23. The zero-order valence-electron chi connectivity index (χ0n) is 75.3. The summed E-state index contributed by atoms with van der Waals surface area (Å²) >= 11 is 0. The van der Waals surface area contributed by atoms with Crippen LogP contribution in [0, 0.1) is 23.6 Å². The van der Waals surface area contributed by atoms with Crippen molar-refractivity contribution in [2.75, 3.05) is 53.4 Å². The number of hydrogen-bond donors (Lipinski definition) is 14. The summed E-state index contributed by atoms with van der Waals surface area (Å²) in [5.74, 6) is -15.4. The summed E-state index contributed by atoms with van der Waals surface area (Å²) in [5.41, 5.74) is 20.9. The normalized spacial score (nSPS) is 25.6. The molecule has 0 unspecified atom stereocenters. The van der Waals surface area contributed by atoms with E-state index in [1.165, 1.54) is 57.6 Å². The summed E-state index contributed by atoms with van der Waals surface area (Å²) in [7, 11) is 2.83. The maximum Gasteiger partial charge on any atom is 0.323 e. The van der Waals surface area contributed by atoms with E-state index < -0.39 is 217 Å². The van der Waals surface area contributed by atoms with E-state index in [2.05, 4.69) is 47.5 Å². The third-order valence-corrected chi connectivity index (χ3v) is 24.7. The number of nitrogens with two attached hydrogens (primary N) is 3. The third-order valence-electron chi connectivity index (χ3n) is 24.7. The van der Waals surface area contributed by atoms with Gasteiger partial charge in [-0.3, -0.25) is 76.7 Å². The van der Waals surface area contributed by atoms with Crippen LogP contribution >= 0.6 is 0 Å². The number of carboxylic acid groups (broad SMARTS) is 1. The molecule has 0 bridgehead atoms. The van der Waals surface area contributed by atoms with Gasteiger partial charge in [0, 0.05) is 119 Å². The number of primary amides is 1. The van der Waals surface area contributed by atoms with Crippen LogP contribution in [0.4, 0.5) is 4.39 Å². The number of para-hydroxylation sites is 2. The molecule has 36 nitrogen and oxygen atoms in total. The first-order valence-corrected chi connectivity index (χ1v) is 45.4. The van der Waals surface area contributed by atoms with E-state index in [1.807, 2.05) is 27.7 Å². The summed E-state index contributed by atoms with van der Waals surface area (Å²) in [5, 5.41) is 45.1. The molecule has 9 rings (SSSR count). The molecule has 704 valence electrons. The Bertz CT molecular complexity index is 4810. The number of aromatic nitrogens is 2. The van der Waals surface area contributed by atoms with Gasteiger partial charge in [0.1, 0.15) is 78.8 Å². The minimum atomic E-state index is -1.69. The van der Waals surface area contributed by atoms with E-state index >= 15 is 38.4 Å². The van der Waals surface area contributed by atoms with E-state index in [-0.39, 0.29) is 134 Å². The smallest absolute Gasteiger partial charge is 0.323 e. The highest BCUT2D eigenvalue weighted by atomic mass is 19.1. The van der Waals surface area contributed by atoms with Crippen LogP contribution in [-0.2, 0) is 103 Å². The van der Waals surface area contributed by atoms with E-state index in [0.29, 0.717) is 77.0 Å². The third kappa shape index (κ3) is 27.4. The number of hydrogen-bond acceptors (Lipinski definition) is 19. The molecule has 0 radical (unpaired) electrons. The molecule has 2 aromatic heterocycles. The van der Waals surface area contributed by atoms with Crippen LogP contribution in [0.25, 0.3) is 21.8 Å². The number of H-pyrrole nitrogens is 1. The topological polar surface area (TPSA) is 525 Å². The molecule has 4 aliphatic rings. The van der Waals surface area contributed by atoms with Gasteiger partial charge in [-0.25, -0.2) is 4.39 Å². The first-order valence-electron chi connectivity index (χ1n) is 45.4. The number of unbranched alkanes of at least 4 members (excludes halogenated alkanes) is 2. The second-order valence-corrected chi connectivity index (χ2v) is 35.5. The molecule has 0 spiro atoms. The van der Waals surface area contributed by atoms with Gasteiger partial charge in [-0.15, -0.1) is 0 Å². The van der Waals surface area contributed by atoms with Crippen LogP contribution < -0.4 is 59.7 Å². The first kappa shape index (κ1) is 101. The Balaban J connectivity index is 1.08. The van der Waals surface area contributed by atoms with Gasteiger partial charge in [-0.1, -0.05) is 116 Å². The highest BCUT2D eigenvalue weighted by molar-refractivity contribution is 6.02. The lowest BCUT2D eigenvalue weighted by molar-refractivity contribution is -0.149. The van der Waals surface area contributed by atoms with Gasteiger partial charge in [0.05, 0.1) is 18.6 Å². The largest absolute Gasteiger partial charge is 0.480 e. The molecule has 4 fully saturated rings. The molecular weight excluding hydrogens is 1660 g/mol. The van der Waals surface area contributed by atoms with Crippen LogP contribution in [0.5, 0.6) is 0 Å². The zero-order valence-corrected chi connectivity index (χ0v) is 75.3. The predicted molar refractivity (Wildman–Crippen MR) is 477 cm³/mol. The monoisotopic (exact) mass is 1790 g/mol. The van der Waals surface area contributed by atoms with Gasteiger partial charge >= 0.3 is 5.97 Å². The molecule has 0 aliphatic carbocycles. The molecule has 17 N–H and O–H groups in total. The number of aliphatic carboxylic acids is 1. The number of halogens is 1. The van der Waals surface area contributed by atoms with E-state index in [4.69, 9.17) is 17.2 Å². The Morgan fingerprint density at radius 3 is 1.75 bits per heavy atom. The van der Waals surface area contributed by atoms with Crippen molar-refractivity contribution < 1.29 is 91.3 Å². The van der Waals surface area contributed by atoms with Crippen molar-refractivity contribution in [3.8, 4) is 0 Å². The number of aliphatic hydroxyl groups is 1. The summed E-state index contributed by atoms with van der Waals surface area (Å²) in [6.07, 6.45) is 3.04. The zero-order chi connectivity index (χ0) is 94.0. The lowest BCUT2D eigenvalue weighted by Crippen LogP contribution is -2.62. The Hall–Kier alpha value is -11.7. The number of carbonyl (C=O) groups excluding carboxylic acids is 15. The molecule has 5 aromatic rings. The summed E-state index contributed by atoms with van der Waals surface area (Å²) in [4.78, 5) is 245. The van der Waals surface area contributed by atoms with Gasteiger partial charge in [-0.05, 0) is 143 Å². The van der Waals surface area contributed by atoms with Crippen molar-refractivity contribution >= 4 is 116 Å².